The van der Waals surface area contributed by atoms with Gasteiger partial charge in [0.25, 0.3) is 5.91 Å². The first-order valence-corrected chi connectivity index (χ1v) is 10.3. The van der Waals surface area contributed by atoms with Gasteiger partial charge in [-0.25, -0.2) is 4.68 Å². The maximum absolute atomic E-state index is 13.2. The molecule has 0 atom stereocenters. The monoisotopic (exact) mass is 404 g/mol. The lowest BCUT2D eigenvalue weighted by Gasteiger charge is -2.34. The minimum absolute atomic E-state index is 0.00310. The van der Waals surface area contributed by atoms with E-state index in [0.29, 0.717) is 11.7 Å². The van der Waals surface area contributed by atoms with Crippen molar-refractivity contribution in [1.82, 2.24) is 19.6 Å². The third kappa shape index (κ3) is 4.09. The molecule has 1 aliphatic heterocycles. The second kappa shape index (κ2) is 8.71. The Morgan fingerprint density at radius 3 is 2.30 bits per heavy atom. The van der Waals surface area contributed by atoms with Crippen molar-refractivity contribution in [2.45, 2.75) is 18.9 Å². The van der Waals surface area contributed by atoms with Gasteiger partial charge >= 0.3 is 0 Å². The molecule has 6 heteroatoms. The normalized spacial score (nSPS) is 14.9. The largest absolute Gasteiger partial charge is 0.497 e. The molecule has 4 rings (SSSR count). The third-order valence-electron chi connectivity index (χ3n) is 5.80. The summed E-state index contributed by atoms with van der Waals surface area (Å²) in [4.78, 5) is 17.4. The van der Waals surface area contributed by atoms with Gasteiger partial charge < -0.3 is 14.5 Å². The van der Waals surface area contributed by atoms with Crippen molar-refractivity contribution in [3.63, 3.8) is 0 Å². The summed E-state index contributed by atoms with van der Waals surface area (Å²) in [6, 6.07) is 20.2. The molecule has 0 bridgehead atoms. The molecule has 0 radical (unpaired) electrons. The average Bonchev–Trinajstić information content (AvgIpc) is 3.25. The van der Waals surface area contributed by atoms with Crippen molar-refractivity contribution in [2.24, 2.45) is 0 Å². The number of methoxy groups -OCH3 is 1. The minimum atomic E-state index is -0.00310. The molecule has 156 valence electrons. The second-order valence-corrected chi connectivity index (χ2v) is 7.88. The maximum atomic E-state index is 13.2. The zero-order valence-corrected chi connectivity index (χ0v) is 17.8. The van der Waals surface area contributed by atoms with E-state index in [-0.39, 0.29) is 5.91 Å². The van der Waals surface area contributed by atoms with E-state index in [1.54, 1.807) is 7.11 Å². The zero-order valence-electron chi connectivity index (χ0n) is 17.8. The number of amides is 1. The summed E-state index contributed by atoms with van der Waals surface area (Å²) >= 11 is 0. The molecule has 0 spiro atoms. The van der Waals surface area contributed by atoms with Crippen LogP contribution in [-0.2, 0) is 0 Å². The van der Waals surface area contributed by atoms with Gasteiger partial charge in [0.05, 0.1) is 18.5 Å². The van der Waals surface area contributed by atoms with E-state index in [1.807, 2.05) is 70.2 Å². The first kappa shape index (κ1) is 20.2. The van der Waals surface area contributed by atoms with Crippen LogP contribution in [0.25, 0.3) is 16.9 Å². The number of aromatic nitrogens is 2. The molecule has 0 aliphatic carbocycles. The van der Waals surface area contributed by atoms with Crippen LogP contribution in [0.2, 0.25) is 0 Å². The first-order chi connectivity index (χ1) is 14.6. The topological polar surface area (TPSA) is 50.6 Å². The fourth-order valence-corrected chi connectivity index (χ4v) is 3.97. The Morgan fingerprint density at radius 2 is 1.70 bits per heavy atom. The van der Waals surface area contributed by atoms with Crippen LogP contribution in [0.1, 0.15) is 23.3 Å². The summed E-state index contributed by atoms with van der Waals surface area (Å²) in [5.41, 5.74) is 3.27. The molecule has 2 aromatic carbocycles. The lowest BCUT2D eigenvalue weighted by Crippen LogP contribution is -2.44. The Balaban J connectivity index is 1.66. The van der Waals surface area contributed by atoms with E-state index in [0.717, 1.165) is 48.6 Å². The van der Waals surface area contributed by atoms with Crippen molar-refractivity contribution in [2.75, 3.05) is 34.3 Å². The van der Waals surface area contributed by atoms with Crippen LogP contribution in [0, 0.1) is 0 Å². The number of carbonyl (C=O) groups excluding carboxylic acids is 1. The number of likely N-dealkylation sites (tertiary alicyclic amines) is 1. The average molecular weight is 405 g/mol. The van der Waals surface area contributed by atoms with Gasteiger partial charge in [-0.2, -0.15) is 5.10 Å². The summed E-state index contributed by atoms with van der Waals surface area (Å²) < 4.78 is 7.13. The highest BCUT2D eigenvalue weighted by Crippen LogP contribution is 2.27. The highest BCUT2D eigenvalue weighted by Gasteiger charge is 2.27. The predicted molar refractivity (Wildman–Crippen MR) is 118 cm³/mol. The Labute approximate surface area is 177 Å². The zero-order chi connectivity index (χ0) is 21.1. The third-order valence-corrected chi connectivity index (χ3v) is 5.80. The molecule has 0 unspecified atom stereocenters. The van der Waals surface area contributed by atoms with E-state index in [2.05, 4.69) is 19.0 Å². The van der Waals surface area contributed by atoms with Gasteiger partial charge in [-0.1, -0.05) is 18.2 Å². The van der Waals surface area contributed by atoms with Gasteiger partial charge in [0.15, 0.2) is 5.69 Å². The van der Waals surface area contributed by atoms with Crippen LogP contribution < -0.4 is 4.74 Å². The number of rotatable bonds is 5. The van der Waals surface area contributed by atoms with Gasteiger partial charge in [0.2, 0.25) is 0 Å². The Morgan fingerprint density at radius 1 is 1.03 bits per heavy atom. The van der Waals surface area contributed by atoms with Crippen LogP contribution in [0.5, 0.6) is 5.75 Å². The van der Waals surface area contributed by atoms with Crippen molar-refractivity contribution in [3.8, 4) is 22.7 Å². The SMILES string of the molecule is COc1ccc(-c2cc(C(=O)N3CCC(N(C)C)CC3)nn2-c2ccccc2)cc1. The van der Waals surface area contributed by atoms with Crippen molar-refractivity contribution in [3.05, 3.63) is 66.4 Å². The lowest BCUT2D eigenvalue weighted by atomic mass is 10.0. The number of hydrogen-bond donors (Lipinski definition) is 0. The van der Waals surface area contributed by atoms with E-state index >= 15 is 0 Å². The standard InChI is InChI=1S/C24H28N4O2/c1-26(2)19-13-15-27(16-14-19)24(29)22-17-23(18-9-11-21(30-3)12-10-18)28(25-22)20-7-5-4-6-8-20/h4-12,17,19H,13-16H2,1-3H3. The lowest BCUT2D eigenvalue weighted by molar-refractivity contribution is 0.0657. The highest BCUT2D eigenvalue weighted by atomic mass is 16.5. The van der Waals surface area contributed by atoms with Gasteiger partial charge in [0.1, 0.15) is 5.75 Å². The molecule has 1 fully saturated rings. The fourth-order valence-electron chi connectivity index (χ4n) is 3.97. The van der Waals surface area contributed by atoms with Gasteiger partial charge in [-0.15, -0.1) is 0 Å². The van der Waals surface area contributed by atoms with Crippen LogP contribution >= 0.6 is 0 Å². The van der Waals surface area contributed by atoms with Gasteiger partial charge in [-0.05, 0) is 69.4 Å². The molecule has 1 amide bonds. The van der Waals surface area contributed by atoms with Crippen LogP contribution in [0.15, 0.2) is 60.7 Å². The minimum Gasteiger partial charge on any atom is -0.497 e. The Bertz CT molecular complexity index is 988. The number of para-hydroxylation sites is 1. The maximum Gasteiger partial charge on any atom is 0.274 e. The van der Waals surface area contributed by atoms with Crippen LogP contribution in [0.4, 0.5) is 0 Å². The van der Waals surface area contributed by atoms with Gasteiger partial charge in [-0.3, -0.25) is 4.79 Å². The summed E-state index contributed by atoms with van der Waals surface area (Å²) in [5.74, 6) is 0.793. The smallest absolute Gasteiger partial charge is 0.274 e. The molecule has 2 heterocycles. The fraction of sp³-hybridized carbons (Fsp3) is 0.333. The summed E-state index contributed by atoms with van der Waals surface area (Å²) in [6.07, 6.45) is 1.98. The number of ether oxygens (including phenoxy) is 1. The van der Waals surface area contributed by atoms with E-state index in [1.165, 1.54) is 0 Å². The number of hydrogen-bond acceptors (Lipinski definition) is 4. The van der Waals surface area contributed by atoms with Gasteiger partial charge in [0, 0.05) is 24.7 Å². The quantitative estimate of drug-likeness (QED) is 0.650. The number of nitrogens with zero attached hydrogens (tertiary/aromatic N) is 4. The molecule has 1 saturated heterocycles. The molecular formula is C24H28N4O2. The van der Waals surface area contributed by atoms with E-state index in [4.69, 9.17) is 9.84 Å². The molecule has 0 N–H and O–H groups in total. The van der Waals surface area contributed by atoms with Crippen molar-refractivity contribution >= 4 is 5.91 Å². The summed E-state index contributed by atoms with van der Waals surface area (Å²) in [6.45, 7) is 1.52. The molecular weight excluding hydrogens is 376 g/mol. The van der Waals surface area contributed by atoms with E-state index < -0.39 is 0 Å². The molecule has 1 aliphatic rings. The molecule has 30 heavy (non-hydrogen) atoms. The van der Waals surface area contributed by atoms with E-state index in [9.17, 15) is 4.79 Å². The Kier molecular flexibility index (Phi) is 5.86. The van der Waals surface area contributed by atoms with Crippen molar-refractivity contribution < 1.29 is 9.53 Å². The second-order valence-electron chi connectivity index (χ2n) is 7.88. The molecule has 3 aromatic rings. The summed E-state index contributed by atoms with van der Waals surface area (Å²) in [7, 11) is 5.86. The first-order valence-electron chi connectivity index (χ1n) is 10.3. The van der Waals surface area contributed by atoms with Crippen molar-refractivity contribution in [1.29, 1.82) is 0 Å². The Hall–Kier alpha value is -3.12. The molecule has 1 aromatic heterocycles. The number of carbonyl (C=O) groups is 1. The number of piperidine rings is 1. The van der Waals surface area contributed by atoms with Crippen LogP contribution in [-0.4, -0.2) is 65.8 Å². The number of benzene rings is 2. The van der Waals surface area contributed by atoms with Crippen LogP contribution in [0.3, 0.4) is 0 Å². The predicted octanol–water partition coefficient (Wildman–Crippen LogP) is 3.71. The molecule has 6 nitrogen and oxygen atoms in total. The molecule has 0 saturated carbocycles. The highest BCUT2D eigenvalue weighted by molar-refractivity contribution is 5.93. The summed E-state index contributed by atoms with van der Waals surface area (Å²) in [5, 5.41) is 4.71.